The smallest absolute Gasteiger partial charge is 0.233 e. The summed E-state index contributed by atoms with van der Waals surface area (Å²) in [4.78, 5) is 33.6. The number of carbonyl (C=O) groups excluding carboxylic acids is 3. The van der Waals surface area contributed by atoms with Crippen LogP contribution in [-0.4, -0.2) is 28.5 Å². The Labute approximate surface area is 127 Å². The van der Waals surface area contributed by atoms with Gasteiger partial charge in [-0.05, 0) is 24.6 Å². The molecule has 1 heterocycles. The molecular weight excluding hydrogens is 286 g/mol. The van der Waals surface area contributed by atoms with E-state index in [2.05, 4.69) is 10.4 Å². The Morgan fingerprint density at radius 2 is 2.00 bits per heavy atom. The van der Waals surface area contributed by atoms with Crippen LogP contribution in [0.3, 0.4) is 0 Å². The second-order valence-electron chi connectivity index (χ2n) is 5.26. The zero-order valence-corrected chi connectivity index (χ0v) is 12.3. The molecule has 0 aromatic heterocycles. The van der Waals surface area contributed by atoms with E-state index in [0.717, 1.165) is 0 Å². The third-order valence-electron chi connectivity index (χ3n) is 3.23. The van der Waals surface area contributed by atoms with Crippen molar-refractivity contribution in [2.75, 3.05) is 5.32 Å². The molecule has 1 aliphatic rings. The number of ketones is 1. The van der Waals surface area contributed by atoms with Crippen molar-refractivity contribution < 1.29 is 14.4 Å². The molecule has 1 unspecified atom stereocenters. The molecule has 2 amide bonds. The molecule has 0 aliphatic carbocycles. The number of amides is 2. The molecule has 1 aromatic carbocycles. The maximum atomic E-state index is 11.5. The average molecular weight is 302 g/mol. The Bertz CT molecular complexity index is 637. The maximum absolute atomic E-state index is 11.5. The van der Waals surface area contributed by atoms with Crippen molar-refractivity contribution in [3.05, 3.63) is 35.0 Å². The number of hydroxylamine groups is 1. The molecule has 7 heteroatoms. The molecule has 2 rings (SSSR count). The second kappa shape index (κ2) is 6.48. The Hall–Kier alpha value is -2.54. The van der Waals surface area contributed by atoms with Crippen LogP contribution in [0.1, 0.15) is 32.3 Å². The monoisotopic (exact) mass is 302 g/mol. The van der Waals surface area contributed by atoms with Gasteiger partial charge in [-0.3, -0.25) is 14.4 Å². The van der Waals surface area contributed by atoms with Gasteiger partial charge in [0.05, 0.1) is 12.1 Å². The summed E-state index contributed by atoms with van der Waals surface area (Å²) in [5, 5.41) is 17.8. The highest BCUT2D eigenvalue weighted by molar-refractivity contribution is 6.06. The fourth-order valence-corrected chi connectivity index (χ4v) is 2.19. The van der Waals surface area contributed by atoms with Crippen molar-refractivity contribution in [3.63, 3.8) is 0 Å². The van der Waals surface area contributed by atoms with Crippen LogP contribution in [-0.2, 0) is 14.4 Å². The van der Waals surface area contributed by atoms with Crippen LogP contribution < -0.4 is 5.32 Å². The number of rotatable bonds is 4. The van der Waals surface area contributed by atoms with Gasteiger partial charge in [0.2, 0.25) is 11.8 Å². The van der Waals surface area contributed by atoms with Gasteiger partial charge in [-0.2, -0.15) is 5.10 Å². The van der Waals surface area contributed by atoms with Gasteiger partial charge in [0.15, 0.2) is 0 Å². The van der Waals surface area contributed by atoms with E-state index < -0.39 is 5.91 Å². The summed E-state index contributed by atoms with van der Waals surface area (Å²) in [6, 6.07) is 6.74. The Balaban J connectivity index is 2.12. The Morgan fingerprint density at radius 3 is 2.59 bits per heavy atom. The highest BCUT2D eigenvalue weighted by Gasteiger charge is 2.23. The van der Waals surface area contributed by atoms with Crippen LogP contribution in [0, 0.1) is 11.1 Å². The van der Waals surface area contributed by atoms with Gasteiger partial charge in [-0.15, -0.1) is 0 Å². The number of hydrogen-bond acceptors (Lipinski definition) is 5. The second-order valence-corrected chi connectivity index (χ2v) is 5.26. The van der Waals surface area contributed by atoms with Crippen LogP contribution in [0.4, 0.5) is 5.69 Å². The van der Waals surface area contributed by atoms with E-state index in [4.69, 9.17) is 0 Å². The summed E-state index contributed by atoms with van der Waals surface area (Å²) in [6.07, 6.45) is -0.0435. The molecule has 0 radical (unpaired) electrons. The Kier molecular flexibility index (Phi) is 4.67. The van der Waals surface area contributed by atoms with Crippen molar-refractivity contribution in [1.82, 2.24) is 5.17 Å². The van der Waals surface area contributed by atoms with E-state index in [-0.39, 0.29) is 35.6 Å². The van der Waals surface area contributed by atoms with Crippen LogP contribution in [0.5, 0.6) is 0 Å². The van der Waals surface area contributed by atoms with E-state index >= 15 is 0 Å². The van der Waals surface area contributed by atoms with Crippen LogP contribution >= 0.6 is 0 Å². The van der Waals surface area contributed by atoms with Crippen LogP contribution in [0.15, 0.2) is 29.4 Å². The molecule has 0 saturated heterocycles. The quantitative estimate of drug-likeness (QED) is 0.855. The normalized spacial score (nSPS) is 18.0. The van der Waals surface area contributed by atoms with Crippen molar-refractivity contribution in [2.24, 2.45) is 11.0 Å². The molecule has 1 atom stereocenters. The van der Waals surface area contributed by atoms with E-state index in [1.54, 1.807) is 24.3 Å². The molecule has 1 N–H and O–H groups in total. The Morgan fingerprint density at radius 1 is 1.36 bits per heavy atom. The SMILES string of the molecule is CC(=O)CC(=O)Nc1ccc(C2=NN([O-])C(=O)CC2C)cc1. The van der Waals surface area contributed by atoms with Gasteiger partial charge in [0.1, 0.15) is 5.78 Å². The van der Waals surface area contributed by atoms with Gasteiger partial charge in [0, 0.05) is 18.0 Å². The lowest BCUT2D eigenvalue weighted by Gasteiger charge is -2.31. The van der Waals surface area contributed by atoms with Crippen molar-refractivity contribution >= 4 is 29.0 Å². The molecule has 1 aromatic rings. The fraction of sp³-hybridized carbons (Fsp3) is 0.333. The highest BCUT2D eigenvalue weighted by Crippen LogP contribution is 2.21. The maximum Gasteiger partial charge on any atom is 0.233 e. The zero-order chi connectivity index (χ0) is 16.3. The molecule has 0 fully saturated rings. The van der Waals surface area contributed by atoms with Gasteiger partial charge in [-0.1, -0.05) is 19.1 Å². The summed E-state index contributed by atoms with van der Waals surface area (Å²) in [5.41, 5.74) is 1.80. The number of nitrogens with one attached hydrogen (secondary N) is 1. The number of hydrogen-bond donors (Lipinski definition) is 1. The lowest BCUT2D eigenvalue weighted by atomic mass is 9.94. The predicted octanol–water partition coefficient (Wildman–Crippen LogP) is 1.67. The zero-order valence-electron chi connectivity index (χ0n) is 12.3. The number of carbonyl (C=O) groups is 3. The molecule has 0 spiro atoms. The molecule has 116 valence electrons. The summed E-state index contributed by atoms with van der Waals surface area (Å²) in [7, 11) is 0. The fourth-order valence-electron chi connectivity index (χ4n) is 2.19. The van der Waals surface area contributed by atoms with Crippen molar-refractivity contribution in [3.8, 4) is 0 Å². The first-order chi connectivity index (χ1) is 10.4. The minimum Gasteiger partial charge on any atom is -0.735 e. The number of Topliss-reactive ketones (excluding diaryl/α,β-unsaturated/α-hetero) is 1. The van der Waals surface area contributed by atoms with Gasteiger partial charge < -0.3 is 15.7 Å². The van der Waals surface area contributed by atoms with Crippen molar-refractivity contribution in [2.45, 2.75) is 26.7 Å². The molecule has 22 heavy (non-hydrogen) atoms. The molecule has 1 aliphatic heterocycles. The minimum atomic E-state index is -0.552. The predicted molar refractivity (Wildman–Crippen MR) is 80.9 cm³/mol. The molecule has 7 nitrogen and oxygen atoms in total. The van der Waals surface area contributed by atoms with E-state index in [9.17, 15) is 19.6 Å². The molecule has 0 bridgehead atoms. The number of hydrazone groups is 1. The third kappa shape index (κ3) is 3.76. The standard InChI is InChI=1S/C15H16N3O4/c1-9-7-14(21)18(22)17-15(9)11-3-5-12(6-4-11)16-13(20)8-10(2)19/h3-6,9H,7-8H2,1-2H3,(H,16,20)/q-1. The van der Waals surface area contributed by atoms with Gasteiger partial charge in [0.25, 0.3) is 0 Å². The summed E-state index contributed by atoms with van der Waals surface area (Å²) >= 11 is 0. The first kappa shape index (κ1) is 15.8. The molecular formula is C15H16N3O4-. The lowest BCUT2D eigenvalue weighted by molar-refractivity contribution is -0.130. The van der Waals surface area contributed by atoms with E-state index in [1.165, 1.54) is 6.92 Å². The van der Waals surface area contributed by atoms with Gasteiger partial charge >= 0.3 is 0 Å². The summed E-state index contributed by atoms with van der Waals surface area (Å²) in [5.74, 6) is -1.28. The number of anilines is 1. The van der Waals surface area contributed by atoms with Crippen LogP contribution in [0.25, 0.3) is 0 Å². The van der Waals surface area contributed by atoms with E-state index in [0.29, 0.717) is 17.0 Å². The van der Waals surface area contributed by atoms with Gasteiger partial charge in [-0.25, -0.2) is 0 Å². The van der Waals surface area contributed by atoms with Crippen molar-refractivity contribution in [1.29, 1.82) is 0 Å². The highest BCUT2D eigenvalue weighted by atomic mass is 16.5. The minimum absolute atomic E-state index is 0.109. The largest absolute Gasteiger partial charge is 0.735 e. The third-order valence-corrected chi connectivity index (χ3v) is 3.23. The number of benzene rings is 1. The lowest BCUT2D eigenvalue weighted by Crippen LogP contribution is -2.32. The molecule has 0 saturated carbocycles. The summed E-state index contributed by atoms with van der Waals surface area (Å²) in [6.45, 7) is 3.17. The number of nitrogens with zero attached hydrogens (tertiary/aromatic N) is 2. The average Bonchev–Trinajstić information content (AvgIpc) is 2.43. The van der Waals surface area contributed by atoms with Crippen LogP contribution in [0.2, 0.25) is 0 Å². The first-order valence-corrected chi connectivity index (χ1v) is 6.85. The topological polar surface area (TPSA) is 102 Å². The first-order valence-electron chi connectivity index (χ1n) is 6.85. The summed E-state index contributed by atoms with van der Waals surface area (Å²) < 4.78 is 0. The van der Waals surface area contributed by atoms with E-state index in [1.807, 2.05) is 6.92 Å².